The van der Waals surface area contributed by atoms with Gasteiger partial charge in [0.1, 0.15) is 6.54 Å². The van der Waals surface area contributed by atoms with Gasteiger partial charge in [-0.1, -0.05) is 6.92 Å². The van der Waals surface area contributed by atoms with Crippen LogP contribution in [0.2, 0.25) is 0 Å². The van der Waals surface area contributed by atoms with Gasteiger partial charge in [0.15, 0.2) is 0 Å². The Hall–Kier alpha value is -1.98. The molecule has 0 unspecified atom stereocenters. The third-order valence-electron chi connectivity index (χ3n) is 2.95. The van der Waals surface area contributed by atoms with Gasteiger partial charge in [0.05, 0.1) is 5.70 Å². The lowest BCUT2D eigenvalue weighted by molar-refractivity contribution is -0.142. The molecule has 6 heteroatoms. The van der Waals surface area contributed by atoms with E-state index in [0.29, 0.717) is 19.5 Å². The molecular weight excluding hydrogens is 232 g/mol. The van der Waals surface area contributed by atoms with Crippen molar-refractivity contribution in [2.45, 2.75) is 13.3 Å². The van der Waals surface area contributed by atoms with Crippen LogP contribution in [0, 0.1) is 0 Å². The number of hydrogen-bond donors (Lipinski definition) is 2. The Bertz CT molecular complexity index is 401. The summed E-state index contributed by atoms with van der Waals surface area (Å²) in [5.74, 6) is -0.392. The van der Waals surface area contributed by atoms with Crippen molar-refractivity contribution < 1.29 is 9.59 Å². The number of rotatable bonds is 3. The van der Waals surface area contributed by atoms with Gasteiger partial charge in [-0.3, -0.25) is 9.59 Å². The van der Waals surface area contributed by atoms with E-state index in [2.05, 4.69) is 0 Å². The number of piperazine rings is 1. The molecule has 0 spiro atoms. The van der Waals surface area contributed by atoms with E-state index in [1.54, 1.807) is 18.0 Å². The lowest BCUT2D eigenvalue weighted by atomic mass is 10.1. The normalized spacial score (nSPS) is 18.2. The van der Waals surface area contributed by atoms with Crippen molar-refractivity contribution in [1.29, 1.82) is 0 Å². The summed E-state index contributed by atoms with van der Waals surface area (Å²) in [6.07, 6.45) is 3.69. The van der Waals surface area contributed by atoms with Crippen LogP contribution in [0.25, 0.3) is 0 Å². The Labute approximate surface area is 107 Å². The second-order valence-electron chi connectivity index (χ2n) is 4.24. The number of nitrogens with two attached hydrogens (primary N) is 2. The van der Waals surface area contributed by atoms with Crippen molar-refractivity contribution in [3.05, 3.63) is 23.5 Å². The van der Waals surface area contributed by atoms with Gasteiger partial charge in [0.25, 0.3) is 5.91 Å². The van der Waals surface area contributed by atoms with Crippen LogP contribution in [0.1, 0.15) is 13.3 Å². The lowest BCUT2D eigenvalue weighted by Gasteiger charge is -2.32. The molecule has 4 N–H and O–H groups in total. The first-order chi connectivity index (χ1) is 8.49. The van der Waals surface area contributed by atoms with Crippen molar-refractivity contribution in [3.63, 3.8) is 0 Å². The van der Waals surface area contributed by atoms with Gasteiger partial charge >= 0.3 is 0 Å². The molecule has 100 valence electrons. The van der Waals surface area contributed by atoms with Crippen molar-refractivity contribution in [3.8, 4) is 0 Å². The number of likely N-dealkylation sites (N-methyl/N-ethyl adjacent to an activating group) is 1. The van der Waals surface area contributed by atoms with E-state index in [1.807, 2.05) is 6.92 Å². The summed E-state index contributed by atoms with van der Waals surface area (Å²) in [6, 6.07) is 0. The second kappa shape index (κ2) is 6.09. The highest BCUT2D eigenvalue weighted by atomic mass is 16.2. The monoisotopic (exact) mass is 252 g/mol. The van der Waals surface area contributed by atoms with Crippen molar-refractivity contribution in [2.75, 3.05) is 26.7 Å². The van der Waals surface area contributed by atoms with Crippen LogP contribution in [-0.4, -0.2) is 48.3 Å². The predicted molar refractivity (Wildman–Crippen MR) is 69.0 cm³/mol. The van der Waals surface area contributed by atoms with E-state index in [0.717, 1.165) is 5.57 Å². The molecule has 0 aromatic carbocycles. The maximum Gasteiger partial charge on any atom is 0.270 e. The Morgan fingerprint density at radius 1 is 1.44 bits per heavy atom. The van der Waals surface area contributed by atoms with Gasteiger partial charge in [-0.2, -0.15) is 0 Å². The summed E-state index contributed by atoms with van der Waals surface area (Å²) < 4.78 is 0. The fourth-order valence-electron chi connectivity index (χ4n) is 1.64. The first-order valence-electron chi connectivity index (χ1n) is 5.90. The van der Waals surface area contributed by atoms with Gasteiger partial charge in [0.2, 0.25) is 5.91 Å². The van der Waals surface area contributed by atoms with Crippen molar-refractivity contribution in [2.24, 2.45) is 11.5 Å². The molecule has 1 saturated heterocycles. The first-order valence-corrected chi connectivity index (χ1v) is 5.90. The van der Waals surface area contributed by atoms with Crippen LogP contribution in [0.3, 0.4) is 0 Å². The average molecular weight is 252 g/mol. The van der Waals surface area contributed by atoms with Crippen LogP contribution in [0.5, 0.6) is 0 Å². The highest BCUT2D eigenvalue weighted by molar-refractivity contribution is 5.96. The van der Waals surface area contributed by atoms with E-state index >= 15 is 0 Å². The topological polar surface area (TPSA) is 92.7 Å². The third kappa shape index (κ3) is 3.26. The number of hydrogen-bond acceptors (Lipinski definition) is 4. The first kappa shape index (κ1) is 14.1. The third-order valence-corrected chi connectivity index (χ3v) is 2.95. The highest BCUT2D eigenvalue weighted by Gasteiger charge is 2.25. The molecule has 0 radical (unpaired) electrons. The van der Waals surface area contributed by atoms with Gasteiger partial charge in [-0.05, 0) is 24.3 Å². The summed E-state index contributed by atoms with van der Waals surface area (Å²) in [7, 11) is 1.72. The van der Waals surface area contributed by atoms with Crippen LogP contribution in [0.15, 0.2) is 23.5 Å². The maximum atomic E-state index is 12.0. The lowest BCUT2D eigenvalue weighted by Crippen LogP contribution is -2.51. The number of amides is 2. The molecule has 0 aromatic heterocycles. The molecule has 1 heterocycles. The van der Waals surface area contributed by atoms with Gasteiger partial charge in [-0.25, -0.2) is 0 Å². The number of nitrogens with zero attached hydrogens (tertiary/aromatic N) is 2. The summed E-state index contributed by atoms with van der Waals surface area (Å²) >= 11 is 0. The molecule has 6 nitrogen and oxygen atoms in total. The molecule has 2 amide bonds. The summed E-state index contributed by atoms with van der Waals surface area (Å²) in [5.41, 5.74) is 12.0. The fourth-order valence-corrected chi connectivity index (χ4v) is 1.64. The Balaban J connectivity index is 2.73. The zero-order valence-corrected chi connectivity index (χ0v) is 10.8. The van der Waals surface area contributed by atoms with Gasteiger partial charge in [-0.15, -0.1) is 0 Å². The minimum atomic E-state index is -0.316. The Kier molecular flexibility index (Phi) is 4.76. The van der Waals surface area contributed by atoms with Gasteiger partial charge in [0, 0.05) is 20.1 Å². The zero-order valence-electron chi connectivity index (χ0n) is 10.8. The number of carbonyl (C=O) groups is 2. The van der Waals surface area contributed by atoms with E-state index in [-0.39, 0.29) is 24.1 Å². The highest BCUT2D eigenvalue weighted by Crippen LogP contribution is 2.07. The van der Waals surface area contributed by atoms with Crippen LogP contribution < -0.4 is 11.5 Å². The molecule has 0 aromatic rings. The molecular formula is C12H20N4O2. The molecule has 0 aliphatic carbocycles. The van der Waals surface area contributed by atoms with Crippen molar-refractivity contribution >= 4 is 11.8 Å². The van der Waals surface area contributed by atoms with E-state index in [1.165, 1.54) is 11.1 Å². The smallest absolute Gasteiger partial charge is 0.270 e. The molecule has 1 aliphatic rings. The number of allylic oxidation sites excluding steroid dienone is 2. The average Bonchev–Trinajstić information content (AvgIpc) is 2.38. The molecule has 1 fully saturated rings. The summed E-state index contributed by atoms with van der Waals surface area (Å²) in [5, 5.41) is 0. The van der Waals surface area contributed by atoms with E-state index in [9.17, 15) is 9.59 Å². The fraction of sp³-hybridized carbons (Fsp3) is 0.500. The SMILES string of the molecule is CCC(=C/N)/C=C(\N)C(=O)N1CCN(C)C(=O)C1. The maximum absolute atomic E-state index is 12.0. The van der Waals surface area contributed by atoms with Crippen LogP contribution in [0.4, 0.5) is 0 Å². The largest absolute Gasteiger partial charge is 0.404 e. The summed E-state index contributed by atoms with van der Waals surface area (Å²) in [4.78, 5) is 26.6. The molecule has 1 rings (SSSR count). The molecule has 0 bridgehead atoms. The minimum absolute atomic E-state index is 0.0764. The molecule has 18 heavy (non-hydrogen) atoms. The van der Waals surface area contributed by atoms with E-state index < -0.39 is 0 Å². The van der Waals surface area contributed by atoms with Gasteiger partial charge < -0.3 is 21.3 Å². The zero-order chi connectivity index (χ0) is 13.7. The van der Waals surface area contributed by atoms with Crippen LogP contribution in [-0.2, 0) is 9.59 Å². The van der Waals surface area contributed by atoms with Crippen molar-refractivity contribution in [1.82, 2.24) is 9.80 Å². The number of carbonyl (C=O) groups excluding carboxylic acids is 2. The Morgan fingerprint density at radius 3 is 2.61 bits per heavy atom. The molecule has 0 saturated carbocycles. The second-order valence-corrected chi connectivity index (χ2v) is 4.24. The predicted octanol–water partition coefficient (Wildman–Crippen LogP) is -0.618. The summed E-state index contributed by atoms with van der Waals surface area (Å²) in [6.45, 7) is 3.04. The Morgan fingerprint density at radius 2 is 2.11 bits per heavy atom. The molecule has 1 aliphatic heterocycles. The van der Waals surface area contributed by atoms with E-state index in [4.69, 9.17) is 11.5 Å². The standard InChI is InChI=1S/C12H20N4O2/c1-3-9(7-13)6-10(14)12(18)16-5-4-15(2)11(17)8-16/h6-7H,3-5,8,13-14H2,1-2H3/b9-7-,10-6-. The minimum Gasteiger partial charge on any atom is -0.404 e. The van der Waals surface area contributed by atoms with Crippen LogP contribution >= 0.6 is 0 Å². The quantitative estimate of drug-likeness (QED) is 0.517. The molecule has 0 atom stereocenters.